The highest BCUT2D eigenvalue weighted by Crippen LogP contribution is 2.15. The molecule has 1 fully saturated rings. The molecule has 1 unspecified atom stereocenters. The van der Waals surface area contributed by atoms with E-state index in [0.717, 1.165) is 44.9 Å². The summed E-state index contributed by atoms with van der Waals surface area (Å²) in [5.74, 6) is 0.736. The molecule has 1 aliphatic heterocycles. The molecule has 0 amide bonds. The first-order valence-corrected chi connectivity index (χ1v) is 6.45. The van der Waals surface area contributed by atoms with Crippen molar-refractivity contribution in [2.24, 2.45) is 0 Å². The Morgan fingerprint density at radius 2 is 2.47 bits per heavy atom. The van der Waals surface area contributed by atoms with Crippen LogP contribution in [0.5, 0.6) is 0 Å². The van der Waals surface area contributed by atoms with E-state index in [-0.39, 0.29) is 5.54 Å². The van der Waals surface area contributed by atoms with Crippen LogP contribution in [0.15, 0.2) is 10.9 Å². The summed E-state index contributed by atoms with van der Waals surface area (Å²) in [5.41, 5.74) is 0.241. The van der Waals surface area contributed by atoms with Crippen LogP contribution in [0.2, 0.25) is 0 Å². The van der Waals surface area contributed by atoms with Gasteiger partial charge in [-0.1, -0.05) is 12.1 Å². The van der Waals surface area contributed by atoms with Gasteiger partial charge in [-0.05, 0) is 32.9 Å². The molecular formula is C12H22N4O. The molecule has 0 radical (unpaired) electrons. The fraction of sp³-hybridized carbons (Fsp3) is 0.833. The summed E-state index contributed by atoms with van der Waals surface area (Å²) in [5, 5.41) is 7.27. The van der Waals surface area contributed by atoms with E-state index < -0.39 is 0 Å². The maximum atomic E-state index is 5.03. The van der Waals surface area contributed by atoms with E-state index >= 15 is 0 Å². The van der Waals surface area contributed by atoms with Crippen LogP contribution < -0.4 is 5.32 Å². The molecule has 1 atom stereocenters. The Kier molecular flexibility index (Phi) is 4.12. The lowest BCUT2D eigenvalue weighted by Crippen LogP contribution is -2.48. The summed E-state index contributed by atoms with van der Waals surface area (Å²) in [4.78, 5) is 6.55. The van der Waals surface area contributed by atoms with Gasteiger partial charge in [0, 0.05) is 25.0 Å². The molecule has 17 heavy (non-hydrogen) atoms. The fourth-order valence-corrected chi connectivity index (χ4v) is 2.31. The highest BCUT2D eigenvalue weighted by atomic mass is 16.5. The normalized spacial score (nSPS) is 26.9. The van der Waals surface area contributed by atoms with Crippen LogP contribution in [0.1, 0.15) is 32.6 Å². The maximum Gasteiger partial charge on any atom is 0.227 e. The van der Waals surface area contributed by atoms with E-state index in [9.17, 15) is 0 Å². The van der Waals surface area contributed by atoms with Gasteiger partial charge in [-0.3, -0.25) is 0 Å². The predicted octanol–water partition coefficient (Wildman–Crippen LogP) is 1.08. The first-order chi connectivity index (χ1) is 8.22. The number of hydrogen-bond acceptors (Lipinski definition) is 5. The number of nitrogens with zero attached hydrogens (tertiary/aromatic N) is 3. The predicted molar refractivity (Wildman–Crippen MR) is 65.8 cm³/mol. The molecule has 1 aromatic rings. The smallest absolute Gasteiger partial charge is 0.227 e. The van der Waals surface area contributed by atoms with Crippen LogP contribution >= 0.6 is 0 Å². The van der Waals surface area contributed by atoms with E-state index in [1.807, 2.05) is 0 Å². The maximum absolute atomic E-state index is 5.03. The summed E-state index contributed by atoms with van der Waals surface area (Å²) in [7, 11) is 0. The largest absolute Gasteiger partial charge is 0.340 e. The Bertz CT molecular complexity index is 327. The molecule has 0 spiro atoms. The number of hydrogen-bond donors (Lipinski definition) is 1. The first kappa shape index (κ1) is 12.5. The average Bonchev–Trinajstić information content (AvgIpc) is 2.77. The SMILES string of the molecule is CCC1(C)CN(CCc2ncno2)CCCN1. The Balaban J connectivity index is 1.86. The second-order valence-corrected chi connectivity index (χ2v) is 5.06. The monoisotopic (exact) mass is 238 g/mol. The molecule has 0 aromatic carbocycles. The van der Waals surface area contributed by atoms with Gasteiger partial charge in [0.05, 0.1) is 0 Å². The molecule has 0 saturated carbocycles. The van der Waals surface area contributed by atoms with Gasteiger partial charge in [-0.25, -0.2) is 0 Å². The van der Waals surface area contributed by atoms with Crippen molar-refractivity contribution in [2.45, 2.75) is 38.6 Å². The standard InChI is InChI=1S/C12H22N4O/c1-3-12(2)9-16(7-4-6-14-12)8-5-11-13-10-15-17-11/h10,14H,3-9H2,1-2H3. The van der Waals surface area contributed by atoms with Crippen LogP contribution in [0, 0.1) is 0 Å². The lowest BCUT2D eigenvalue weighted by atomic mass is 9.98. The van der Waals surface area contributed by atoms with Crippen molar-refractivity contribution in [1.82, 2.24) is 20.4 Å². The second kappa shape index (κ2) is 5.60. The molecule has 1 aromatic heterocycles. The summed E-state index contributed by atoms with van der Waals surface area (Å²) < 4.78 is 5.03. The molecule has 1 saturated heterocycles. The van der Waals surface area contributed by atoms with Crippen LogP contribution in [0.4, 0.5) is 0 Å². The first-order valence-electron chi connectivity index (χ1n) is 6.45. The third-order valence-corrected chi connectivity index (χ3v) is 3.60. The van der Waals surface area contributed by atoms with Gasteiger partial charge in [-0.2, -0.15) is 4.98 Å². The number of nitrogens with one attached hydrogen (secondary N) is 1. The Morgan fingerprint density at radius 1 is 1.59 bits per heavy atom. The lowest BCUT2D eigenvalue weighted by Gasteiger charge is -2.32. The van der Waals surface area contributed by atoms with Gasteiger partial charge >= 0.3 is 0 Å². The average molecular weight is 238 g/mol. The zero-order valence-corrected chi connectivity index (χ0v) is 10.8. The summed E-state index contributed by atoms with van der Waals surface area (Å²) in [6.07, 6.45) is 4.68. The van der Waals surface area contributed by atoms with Crippen molar-refractivity contribution < 1.29 is 4.52 Å². The van der Waals surface area contributed by atoms with Crippen molar-refractivity contribution in [2.75, 3.05) is 26.2 Å². The Morgan fingerprint density at radius 3 is 3.18 bits per heavy atom. The fourth-order valence-electron chi connectivity index (χ4n) is 2.31. The third kappa shape index (κ3) is 3.51. The summed E-state index contributed by atoms with van der Waals surface area (Å²) in [6.45, 7) is 8.90. The summed E-state index contributed by atoms with van der Waals surface area (Å²) >= 11 is 0. The van der Waals surface area contributed by atoms with Crippen LogP contribution in [-0.4, -0.2) is 46.8 Å². The molecule has 2 heterocycles. The van der Waals surface area contributed by atoms with E-state index in [2.05, 4.69) is 34.2 Å². The third-order valence-electron chi connectivity index (χ3n) is 3.60. The van der Waals surface area contributed by atoms with Crippen LogP contribution in [0.3, 0.4) is 0 Å². The lowest BCUT2D eigenvalue weighted by molar-refractivity contribution is 0.211. The Labute approximate surface area is 103 Å². The molecule has 96 valence electrons. The second-order valence-electron chi connectivity index (χ2n) is 5.06. The minimum atomic E-state index is 0.241. The molecule has 0 bridgehead atoms. The van der Waals surface area contributed by atoms with Crippen molar-refractivity contribution in [1.29, 1.82) is 0 Å². The minimum absolute atomic E-state index is 0.241. The van der Waals surface area contributed by atoms with E-state index in [4.69, 9.17) is 4.52 Å². The summed E-state index contributed by atoms with van der Waals surface area (Å²) in [6, 6.07) is 0. The molecule has 0 aliphatic carbocycles. The van der Waals surface area contributed by atoms with Crippen molar-refractivity contribution in [3.8, 4) is 0 Å². The van der Waals surface area contributed by atoms with Gasteiger partial charge in [-0.15, -0.1) is 0 Å². The molecule has 5 heteroatoms. The molecule has 1 N–H and O–H groups in total. The number of aromatic nitrogens is 2. The van der Waals surface area contributed by atoms with Crippen molar-refractivity contribution in [3.63, 3.8) is 0 Å². The van der Waals surface area contributed by atoms with E-state index in [1.165, 1.54) is 12.7 Å². The molecular weight excluding hydrogens is 216 g/mol. The van der Waals surface area contributed by atoms with E-state index in [1.54, 1.807) is 0 Å². The quantitative estimate of drug-likeness (QED) is 0.850. The van der Waals surface area contributed by atoms with Crippen LogP contribution in [0.25, 0.3) is 0 Å². The molecule has 5 nitrogen and oxygen atoms in total. The minimum Gasteiger partial charge on any atom is -0.340 e. The van der Waals surface area contributed by atoms with Crippen molar-refractivity contribution >= 4 is 0 Å². The van der Waals surface area contributed by atoms with Gasteiger partial charge in [0.2, 0.25) is 5.89 Å². The van der Waals surface area contributed by atoms with E-state index in [0.29, 0.717) is 0 Å². The van der Waals surface area contributed by atoms with Crippen LogP contribution in [-0.2, 0) is 6.42 Å². The topological polar surface area (TPSA) is 54.2 Å². The highest BCUT2D eigenvalue weighted by Gasteiger charge is 2.26. The van der Waals surface area contributed by atoms with Gasteiger partial charge in [0.15, 0.2) is 6.33 Å². The zero-order chi connectivity index (χ0) is 12.1. The van der Waals surface area contributed by atoms with Gasteiger partial charge in [0.1, 0.15) is 0 Å². The van der Waals surface area contributed by atoms with Gasteiger partial charge in [0.25, 0.3) is 0 Å². The Hall–Kier alpha value is -0.940. The van der Waals surface area contributed by atoms with Gasteiger partial charge < -0.3 is 14.7 Å². The highest BCUT2D eigenvalue weighted by molar-refractivity contribution is 4.89. The zero-order valence-electron chi connectivity index (χ0n) is 10.8. The molecule has 1 aliphatic rings. The van der Waals surface area contributed by atoms with Crippen molar-refractivity contribution in [3.05, 3.63) is 12.2 Å². The number of rotatable bonds is 4. The molecule has 2 rings (SSSR count).